The molecule has 0 bridgehead atoms. The van der Waals surface area contributed by atoms with Crippen LogP contribution < -0.4 is 10.2 Å². The molecule has 0 amide bonds. The first-order valence-electron chi connectivity index (χ1n) is 6.42. The molecule has 1 N–H and O–H groups in total. The second-order valence-electron chi connectivity index (χ2n) is 4.83. The molecule has 100 valence electrons. The van der Waals surface area contributed by atoms with Crippen LogP contribution in [0.2, 0.25) is 5.02 Å². The standard InChI is InChI=1S/C14H21ClN2O/c1-16-8-12-4-3-5-13(15)14(12)17-7-6-11(9-17)10-18-2/h3-5,11,16H,6-10H2,1-2H3. The number of para-hydroxylation sites is 1. The molecule has 0 saturated carbocycles. The van der Waals surface area contributed by atoms with Gasteiger partial charge in [0.1, 0.15) is 0 Å². The average Bonchev–Trinajstić information content (AvgIpc) is 2.78. The number of anilines is 1. The predicted octanol–water partition coefficient (Wildman–Crippen LogP) is 2.53. The van der Waals surface area contributed by atoms with E-state index >= 15 is 0 Å². The molecule has 1 saturated heterocycles. The summed E-state index contributed by atoms with van der Waals surface area (Å²) in [5.74, 6) is 0.619. The Hall–Kier alpha value is -0.770. The summed E-state index contributed by atoms with van der Waals surface area (Å²) in [5.41, 5.74) is 2.45. The molecule has 0 aliphatic carbocycles. The summed E-state index contributed by atoms with van der Waals surface area (Å²) < 4.78 is 5.25. The quantitative estimate of drug-likeness (QED) is 0.888. The van der Waals surface area contributed by atoms with E-state index in [0.29, 0.717) is 5.92 Å². The zero-order chi connectivity index (χ0) is 13.0. The number of benzene rings is 1. The molecule has 1 unspecified atom stereocenters. The molecule has 3 nitrogen and oxygen atoms in total. The third-order valence-corrected chi connectivity index (χ3v) is 3.75. The number of rotatable bonds is 5. The highest BCUT2D eigenvalue weighted by Crippen LogP contribution is 2.33. The topological polar surface area (TPSA) is 24.5 Å². The summed E-state index contributed by atoms with van der Waals surface area (Å²) >= 11 is 6.37. The van der Waals surface area contributed by atoms with Gasteiger partial charge in [-0.15, -0.1) is 0 Å². The highest BCUT2D eigenvalue weighted by molar-refractivity contribution is 6.33. The van der Waals surface area contributed by atoms with Crippen LogP contribution in [0.3, 0.4) is 0 Å². The van der Waals surface area contributed by atoms with Crippen molar-refractivity contribution in [2.75, 3.05) is 38.8 Å². The number of methoxy groups -OCH3 is 1. The lowest BCUT2D eigenvalue weighted by Gasteiger charge is -2.23. The first-order chi connectivity index (χ1) is 8.76. The van der Waals surface area contributed by atoms with Crippen molar-refractivity contribution < 1.29 is 4.74 Å². The molecule has 18 heavy (non-hydrogen) atoms. The van der Waals surface area contributed by atoms with Crippen molar-refractivity contribution in [2.45, 2.75) is 13.0 Å². The Labute approximate surface area is 114 Å². The summed E-state index contributed by atoms with van der Waals surface area (Å²) in [5, 5.41) is 4.05. The monoisotopic (exact) mass is 268 g/mol. The molecule has 1 aromatic carbocycles. The maximum absolute atomic E-state index is 6.37. The van der Waals surface area contributed by atoms with Gasteiger partial charge in [0.15, 0.2) is 0 Å². The molecule has 0 spiro atoms. The van der Waals surface area contributed by atoms with Crippen LogP contribution in [0.5, 0.6) is 0 Å². The van der Waals surface area contributed by atoms with Crippen molar-refractivity contribution in [3.63, 3.8) is 0 Å². The van der Waals surface area contributed by atoms with Crippen molar-refractivity contribution in [1.82, 2.24) is 5.32 Å². The zero-order valence-corrected chi connectivity index (χ0v) is 11.8. The highest BCUT2D eigenvalue weighted by Gasteiger charge is 2.25. The molecule has 1 aromatic rings. The molecule has 1 aliphatic rings. The molecular weight excluding hydrogens is 248 g/mol. The van der Waals surface area contributed by atoms with Gasteiger partial charge in [-0.2, -0.15) is 0 Å². The molecule has 1 atom stereocenters. The molecule has 1 aliphatic heterocycles. The van der Waals surface area contributed by atoms with Gasteiger partial charge in [0.25, 0.3) is 0 Å². The first kappa shape index (κ1) is 13.7. The number of nitrogens with zero attached hydrogens (tertiary/aromatic N) is 1. The fourth-order valence-corrected chi connectivity index (χ4v) is 2.97. The fourth-order valence-electron chi connectivity index (χ4n) is 2.65. The summed E-state index contributed by atoms with van der Waals surface area (Å²) in [6.07, 6.45) is 1.18. The SMILES string of the molecule is CNCc1cccc(Cl)c1N1CCC(COC)C1. The average molecular weight is 269 g/mol. The summed E-state index contributed by atoms with van der Waals surface area (Å²) in [6, 6.07) is 6.13. The van der Waals surface area contributed by atoms with Crippen LogP contribution in [0.25, 0.3) is 0 Å². The smallest absolute Gasteiger partial charge is 0.0642 e. The predicted molar refractivity (Wildman–Crippen MR) is 76.4 cm³/mol. The van der Waals surface area contributed by atoms with E-state index in [-0.39, 0.29) is 0 Å². The van der Waals surface area contributed by atoms with E-state index in [1.165, 1.54) is 17.7 Å². The van der Waals surface area contributed by atoms with Crippen molar-refractivity contribution >= 4 is 17.3 Å². The van der Waals surface area contributed by atoms with Crippen molar-refractivity contribution in [3.05, 3.63) is 28.8 Å². The van der Waals surface area contributed by atoms with E-state index in [2.05, 4.69) is 16.3 Å². The number of nitrogens with one attached hydrogen (secondary N) is 1. The minimum Gasteiger partial charge on any atom is -0.384 e. The van der Waals surface area contributed by atoms with Crippen LogP contribution in [-0.4, -0.2) is 33.9 Å². The molecule has 4 heteroatoms. The second-order valence-corrected chi connectivity index (χ2v) is 5.24. The van der Waals surface area contributed by atoms with E-state index in [0.717, 1.165) is 31.3 Å². The molecule has 1 heterocycles. The Morgan fingerprint density at radius 2 is 2.33 bits per heavy atom. The number of hydrogen-bond acceptors (Lipinski definition) is 3. The summed E-state index contributed by atoms with van der Waals surface area (Å²) in [4.78, 5) is 2.39. The molecular formula is C14H21ClN2O. The maximum Gasteiger partial charge on any atom is 0.0642 e. The third-order valence-electron chi connectivity index (χ3n) is 3.44. The van der Waals surface area contributed by atoms with E-state index in [1.54, 1.807) is 7.11 Å². The molecule has 2 rings (SSSR count). The maximum atomic E-state index is 6.37. The lowest BCUT2D eigenvalue weighted by atomic mass is 10.1. The highest BCUT2D eigenvalue weighted by atomic mass is 35.5. The Morgan fingerprint density at radius 3 is 3.06 bits per heavy atom. The van der Waals surface area contributed by atoms with Gasteiger partial charge in [-0.25, -0.2) is 0 Å². The van der Waals surface area contributed by atoms with E-state index in [4.69, 9.17) is 16.3 Å². The van der Waals surface area contributed by atoms with E-state index < -0.39 is 0 Å². The fraction of sp³-hybridized carbons (Fsp3) is 0.571. The largest absolute Gasteiger partial charge is 0.384 e. The summed E-state index contributed by atoms with van der Waals surface area (Å²) in [6.45, 7) is 3.78. The minimum atomic E-state index is 0.619. The Morgan fingerprint density at radius 1 is 1.50 bits per heavy atom. The summed E-state index contributed by atoms with van der Waals surface area (Å²) in [7, 11) is 3.73. The van der Waals surface area contributed by atoms with Crippen LogP contribution in [0, 0.1) is 5.92 Å². The van der Waals surface area contributed by atoms with Crippen LogP contribution in [0.15, 0.2) is 18.2 Å². The molecule has 0 aromatic heterocycles. The molecule has 1 fully saturated rings. The van der Waals surface area contributed by atoms with Gasteiger partial charge < -0.3 is 15.0 Å². The van der Waals surface area contributed by atoms with Gasteiger partial charge in [0.2, 0.25) is 0 Å². The van der Waals surface area contributed by atoms with Crippen LogP contribution in [-0.2, 0) is 11.3 Å². The normalized spacial score (nSPS) is 19.5. The Kier molecular flexibility index (Phi) is 4.87. The van der Waals surface area contributed by atoms with Gasteiger partial charge in [-0.3, -0.25) is 0 Å². The van der Waals surface area contributed by atoms with Crippen LogP contribution in [0.4, 0.5) is 5.69 Å². The second kappa shape index (κ2) is 6.41. The number of hydrogen-bond donors (Lipinski definition) is 1. The van der Waals surface area contributed by atoms with Crippen molar-refractivity contribution in [1.29, 1.82) is 0 Å². The van der Waals surface area contributed by atoms with Gasteiger partial charge in [0, 0.05) is 32.7 Å². The first-order valence-corrected chi connectivity index (χ1v) is 6.80. The minimum absolute atomic E-state index is 0.619. The van der Waals surface area contributed by atoms with Gasteiger partial charge in [-0.1, -0.05) is 23.7 Å². The third kappa shape index (κ3) is 2.97. The van der Waals surface area contributed by atoms with E-state index in [1.807, 2.05) is 19.2 Å². The van der Waals surface area contributed by atoms with Gasteiger partial charge >= 0.3 is 0 Å². The van der Waals surface area contributed by atoms with Gasteiger partial charge in [-0.05, 0) is 25.1 Å². The van der Waals surface area contributed by atoms with Gasteiger partial charge in [0.05, 0.1) is 17.3 Å². The molecule has 0 radical (unpaired) electrons. The van der Waals surface area contributed by atoms with Crippen LogP contribution >= 0.6 is 11.6 Å². The number of halogens is 1. The van der Waals surface area contributed by atoms with Crippen molar-refractivity contribution in [2.24, 2.45) is 5.92 Å². The zero-order valence-electron chi connectivity index (χ0n) is 11.1. The lowest BCUT2D eigenvalue weighted by molar-refractivity contribution is 0.161. The van der Waals surface area contributed by atoms with Crippen molar-refractivity contribution in [3.8, 4) is 0 Å². The Balaban J connectivity index is 2.17. The number of ether oxygens (including phenoxy) is 1. The Bertz CT molecular complexity index is 397. The van der Waals surface area contributed by atoms with E-state index in [9.17, 15) is 0 Å². The van der Waals surface area contributed by atoms with Crippen LogP contribution in [0.1, 0.15) is 12.0 Å². The lowest BCUT2D eigenvalue weighted by Crippen LogP contribution is -2.23.